The Morgan fingerprint density at radius 3 is 2.47 bits per heavy atom. The first-order valence-corrected chi connectivity index (χ1v) is 10.8. The van der Waals surface area contributed by atoms with Crippen LogP contribution in [-0.4, -0.2) is 38.6 Å². The number of imide groups is 1. The lowest BCUT2D eigenvalue weighted by molar-refractivity contribution is -0.140. The summed E-state index contributed by atoms with van der Waals surface area (Å²) < 4.78 is 1.98. The van der Waals surface area contributed by atoms with E-state index in [0.717, 1.165) is 16.2 Å². The number of hydrogen-bond acceptors (Lipinski definition) is 5. The summed E-state index contributed by atoms with van der Waals surface area (Å²) in [7, 11) is 0. The van der Waals surface area contributed by atoms with E-state index < -0.39 is 0 Å². The van der Waals surface area contributed by atoms with Crippen molar-refractivity contribution in [1.82, 2.24) is 14.3 Å². The maximum Gasteiger partial charge on any atom is 0.233 e. The standard InChI is InChI=1S/C22H20N4O3S/c27-19(9-10-26-20(28)16-3-1-2-4-17(16)21(26)29)23-15-7-5-14(6-8-15)18-13-25-11-12-30-22(25)24-18/h1-2,5-8,11-13,16-17H,3-4,9-10H2,(H,23,27)/t16-,17+. The fourth-order valence-corrected chi connectivity index (χ4v) is 4.82. The van der Waals surface area contributed by atoms with Crippen molar-refractivity contribution in [3.05, 3.63) is 54.2 Å². The molecule has 1 saturated heterocycles. The number of likely N-dealkylation sites (tertiary alicyclic amines) is 1. The largest absolute Gasteiger partial charge is 0.326 e. The second-order valence-corrected chi connectivity index (χ2v) is 8.45. The van der Waals surface area contributed by atoms with Gasteiger partial charge in [-0.25, -0.2) is 4.98 Å². The number of benzene rings is 1. The fourth-order valence-electron chi connectivity index (χ4n) is 4.12. The molecule has 1 aliphatic carbocycles. The molecule has 0 radical (unpaired) electrons. The van der Waals surface area contributed by atoms with Crippen molar-refractivity contribution in [1.29, 1.82) is 0 Å². The van der Waals surface area contributed by atoms with Crippen LogP contribution in [0, 0.1) is 11.8 Å². The number of allylic oxidation sites excluding steroid dienone is 2. The molecule has 1 N–H and O–H groups in total. The van der Waals surface area contributed by atoms with Crippen molar-refractivity contribution in [2.45, 2.75) is 19.3 Å². The predicted molar refractivity (Wildman–Crippen MR) is 114 cm³/mol. The molecule has 2 atom stereocenters. The highest BCUT2D eigenvalue weighted by molar-refractivity contribution is 7.15. The molecule has 3 heterocycles. The zero-order chi connectivity index (χ0) is 20.7. The van der Waals surface area contributed by atoms with Crippen molar-refractivity contribution in [3.63, 3.8) is 0 Å². The number of thiazole rings is 1. The van der Waals surface area contributed by atoms with Crippen molar-refractivity contribution in [2.75, 3.05) is 11.9 Å². The van der Waals surface area contributed by atoms with Crippen LogP contribution in [-0.2, 0) is 14.4 Å². The van der Waals surface area contributed by atoms with Crippen LogP contribution >= 0.6 is 11.3 Å². The molecule has 1 aliphatic heterocycles. The van der Waals surface area contributed by atoms with E-state index in [1.807, 2.05) is 58.6 Å². The van der Waals surface area contributed by atoms with E-state index in [4.69, 9.17) is 0 Å². The maximum atomic E-state index is 12.5. The van der Waals surface area contributed by atoms with Gasteiger partial charge < -0.3 is 5.32 Å². The highest BCUT2D eigenvalue weighted by Crippen LogP contribution is 2.35. The normalized spacial score (nSPS) is 20.7. The van der Waals surface area contributed by atoms with Gasteiger partial charge in [0.2, 0.25) is 17.7 Å². The van der Waals surface area contributed by atoms with Crippen LogP contribution in [0.25, 0.3) is 16.2 Å². The number of amides is 3. The maximum absolute atomic E-state index is 12.5. The summed E-state index contributed by atoms with van der Waals surface area (Å²) in [5, 5.41) is 4.82. The number of carbonyl (C=O) groups is 3. The van der Waals surface area contributed by atoms with E-state index in [9.17, 15) is 14.4 Å². The van der Waals surface area contributed by atoms with Gasteiger partial charge in [-0.05, 0) is 25.0 Å². The van der Waals surface area contributed by atoms with Gasteiger partial charge in [0.25, 0.3) is 0 Å². The number of nitrogens with one attached hydrogen (secondary N) is 1. The van der Waals surface area contributed by atoms with E-state index in [1.54, 1.807) is 11.3 Å². The molecule has 1 aromatic carbocycles. The van der Waals surface area contributed by atoms with Gasteiger partial charge in [0.1, 0.15) is 0 Å². The number of aromatic nitrogens is 2. The molecule has 5 rings (SSSR count). The highest BCUT2D eigenvalue weighted by atomic mass is 32.1. The number of rotatable bonds is 5. The second-order valence-electron chi connectivity index (χ2n) is 7.58. The molecule has 8 heteroatoms. The van der Waals surface area contributed by atoms with E-state index in [1.165, 1.54) is 4.90 Å². The second kappa shape index (κ2) is 7.53. The predicted octanol–water partition coefficient (Wildman–Crippen LogP) is 3.34. The van der Waals surface area contributed by atoms with Crippen molar-refractivity contribution in [2.24, 2.45) is 11.8 Å². The molecule has 0 unspecified atom stereocenters. The summed E-state index contributed by atoms with van der Waals surface area (Å²) in [6, 6.07) is 7.47. The minimum Gasteiger partial charge on any atom is -0.326 e. The third kappa shape index (κ3) is 3.33. The van der Waals surface area contributed by atoms with Crippen LogP contribution in [0.15, 0.2) is 54.2 Å². The topological polar surface area (TPSA) is 83.8 Å². The molecule has 30 heavy (non-hydrogen) atoms. The van der Waals surface area contributed by atoms with Gasteiger partial charge in [-0.15, -0.1) is 11.3 Å². The summed E-state index contributed by atoms with van der Waals surface area (Å²) in [6.07, 6.45) is 9.16. The molecule has 3 amide bonds. The molecule has 3 aromatic rings. The number of nitrogens with zero attached hydrogens (tertiary/aromatic N) is 3. The zero-order valence-electron chi connectivity index (χ0n) is 16.2. The van der Waals surface area contributed by atoms with Crippen LogP contribution in [0.3, 0.4) is 0 Å². The summed E-state index contributed by atoms with van der Waals surface area (Å²) in [5.41, 5.74) is 2.51. The summed E-state index contributed by atoms with van der Waals surface area (Å²) in [6.45, 7) is 0.125. The lowest BCUT2D eigenvalue weighted by Gasteiger charge is -2.14. The van der Waals surface area contributed by atoms with Crippen LogP contribution in [0.1, 0.15) is 19.3 Å². The molecule has 2 aliphatic rings. The first-order chi connectivity index (χ1) is 14.6. The van der Waals surface area contributed by atoms with Gasteiger partial charge in [0, 0.05) is 42.0 Å². The van der Waals surface area contributed by atoms with Crippen LogP contribution in [0.5, 0.6) is 0 Å². The Morgan fingerprint density at radius 2 is 1.80 bits per heavy atom. The first-order valence-electron chi connectivity index (χ1n) is 9.93. The Bertz CT molecular complexity index is 1110. The summed E-state index contributed by atoms with van der Waals surface area (Å²) >= 11 is 1.58. The molecule has 152 valence electrons. The molecule has 0 spiro atoms. The van der Waals surface area contributed by atoms with Gasteiger partial charge >= 0.3 is 0 Å². The zero-order valence-corrected chi connectivity index (χ0v) is 17.0. The van der Waals surface area contributed by atoms with Gasteiger partial charge in [0.15, 0.2) is 4.96 Å². The minimum atomic E-state index is -0.253. The Morgan fingerprint density at radius 1 is 1.10 bits per heavy atom. The van der Waals surface area contributed by atoms with E-state index in [-0.39, 0.29) is 42.5 Å². The minimum absolute atomic E-state index is 0.0867. The lowest BCUT2D eigenvalue weighted by Crippen LogP contribution is -2.34. The Labute approximate surface area is 177 Å². The van der Waals surface area contributed by atoms with Crippen LogP contribution < -0.4 is 5.32 Å². The van der Waals surface area contributed by atoms with E-state index in [0.29, 0.717) is 18.5 Å². The van der Waals surface area contributed by atoms with Crippen molar-refractivity contribution in [3.8, 4) is 11.3 Å². The number of anilines is 1. The molecule has 2 aromatic heterocycles. The van der Waals surface area contributed by atoms with Crippen LogP contribution in [0.2, 0.25) is 0 Å². The monoisotopic (exact) mass is 420 g/mol. The van der Waals surface area contributed by atoms with Gasteiger partial charge in [-0.1, -0.05) is 24.3 Å². The average Bonchev–Trinajstić information content (AvgIpc) is 3.42. The summed E-state index contributed by atoms with van der Waals surface area (Å²) in [5.74, 6) is -1.02. The summed E-state index contributed by atoms with van der Waals surface area (Å²) in [4.78, 5) is 44.1. The van der Waals surface area contributed by atoms with Gasteiger partial charge in [-0.3, -0.25) is 23.7 Å². The SMILES string of the molecule is O=C(CCN1C(=O)[C@H]2CC=CC[C@H]2C1=O)Nc1ccc(-c2cn3ccsc3n2)cc1. The number of carbonyl (C=O) groups excluding carboxylic acids is 3. The Hall–Kier alpha value is -3.26. The van der Waals surface area contributed by atoms with Gasteiger partial charge in [0.05, 0.1) is 17.5 Å². The van der Waals surface area contributed by atoms with Gasteiger partial charge in [-0.2, -0.15) is 0 Å². The Balaban J connectivity index is 1.18. The third-order valence-corrected chi connectivity index (χ3v) is 6.49. The fraction of sp³-hybridized carbons (Fsp3) is 0.273. The quantitative estimate of drug-likeness (QED) is 0.507. The first kappa shape index (κ1) is 18.7. The molecule has 0 saturated carbocycles. The number of fused-ring (bicyclic) bond motifs is 2. The lowest BCUT2D eigenvalue weighted by atomic mass is 9.85. The Kier molecular flexibility index (Phi) is 4.71. The van der Waals surface area contributed by atoms with E-state index >= 15 is 0 Å². The highest BCUT2D eigenvalue weighted by Gasteiger charge is 2.46. The van der Waals surface area contributed by atoms with Crippen molar-refractivity contribution < 1.29 is 14.4 Å². The average molecular weight is 420 g/mol. The van der Waals surface area contributed by atoms with E-state index in [2.05, 4.69) is 10.3 Å². The molecular weight excluding hydrogens is 400 g/mol. The number of imidazole rings is 1. The molecule has 1 fully saturated rings. The molecule has 0 bridgehead atoms. The smallest absolute Gasteiger partial charge is 0.233 e. The molecular formula is C22H20N4O3S. The molecule has 7 nitrogen and oxygen atoms in total. The van der Waals surface area contributed by atoms with Crippen molar-refractivity contribution >= 4 is 39.7 Å². The van der Waals surface area contributed by atoms with Crippen LogP contribution in [0.4, 0.5) is 5.69 Å². The number of hydrogen-bond donors (Lipinski definition) is 1. The third-order valence-electron chi connectivity index (χ3n) is 5.72.